The summed E-state index contributed by atoms with van der Waals surface area (Å²) >= 11 is -0.267. The van der Waals surface area contributed by atoms with Crippen LogP contribution < -0.4 is 41.9 Å². The van der Waals surface area contributed by atoms with E-state index in [1.807, 2.05) is 6.07 Å². The van der Waals surface area contributed by atoms with E-state index in [-0.39, 0.29) is 36.8 Å². The Hall–Kier alpha value is -3.08. The monoisotopic (exact) mass is 588 g/mol. The number of carbonyl (C=O) groups excluding carboxylic acids is 1. The molecule has 0 fully saturated rings. The Bertz CT molecular complexity index is 1320. The number of pyridine rings is 1. The Morgan fingerprint density at radius 3 is 2.89 bits per heavy atom. The summed E-state index contributed by atoms with van der Waals surface area (Å²) in [5.41, 5.74) is 7.99. The zero-order valence-electron chi connectivity index (χ0n) is 19.9. The molecule has 0 radical (unpaired) electrons. The predicted molar refractivity (Wildman–Crippen MR) is 132 cm³/mol. The molecule has 2 bridgehead atoms. The Balaban J connectivity index is 1.72. The van der Waals surface area contributed by atoms with Gasteiger partial charge in [0.15, 0.2) is 0 Å². The molecular weight excluding hydrogens is 560 g/mol. The summed E-state index contributed by atoms with van der Waals surface area (Å²) < 4.78 is 21.1. The second-order valence-electron chi connectivity index (χ2n) is 8.73. The molecule has 5 rings (SSSR count). The Labute approximate surface area is 214 Å². The molecule has 4 N–H and O–H groups in total. The molecule has 1 amide bonds. The first-order chi connectivity index (χ1) is 17.0. The molecule has 2 aliphatic rings. The van der Waals surface area contributed by atoms with E-state index in [2.05, 4.69) is 39.8 Å². The van der Waals surface area contributed by atoms with Gasteiger partial charge in [0.1, 0.15) is 0 Å². The van der Waals surface area contributed by atoms with Gasteiger partial charge in [-0.05, 0) is 0 Å². The Morgan fingerprint density at radius 2 is 2.06 bits per heavy atom. The van der Waals surface area contributed by atoms with Crippen molar-refractivity contribution >= 4 is 23.0 Å². The first-order valence-electron chi connectivity index (χ1n) is 11.5. The number of para-hydroxylation sites is 1. The van der Waals surface area contributed by atoms with Crippen molar-refractivity contribution in [3.63, 3.8) is 0 Å². The standard InChI is InChI=1S/C26H28FIN5O2/c1-14-7-10-30-20-13-29-9-8-16(20)22-24(32-19-6-4-5-17(27)25(19)35-3)21-23(33-22)18(12-31-26(21)34)28-11-15(14)2/h4-6,8-9,13,18,30,32-33H,7,10-12H2,1-3H3,(H,31,34)/q-1/b15-14+/t18-/m1/s1. The second kappa shape index (κ2) is 9.88. The third-order valence-corrected chi connectivity index (χ3v) is 10.3. The van der Waals surface area contributed by atoms with Crippen LogP contribution in [0, 0.1) is 5.82 Å². The fraction of sp³-hybridized carbons (Fsp3) is 0.308. The molecule has 0 saturated heterocycles. The van der Waals surface area contributed by atoms with Crippen LogP contribution >= 0.6 is 0 Å². The number of H-pyrrole nitrogens is 1. The van der Waals surface area contributed by atoms with Crippen LogP contribution in [0.15, 0.2) is 47.8 Å². The molecule has 0 unspecified atom stereocenters. The number of halogens is 2. The number of nitrogens with zero attached hydrogens (tertiary/aromatic N) is 1. The molecule has 9 heteroatoms. The van der Waals surface area contributed by atoms with Crippen molar-refractivity contribution in [1.29, 1.82) is 0 Å². The number of methoxy groups -OCH3 is 1. The van der Waals surface area contributed by atoms with E-state index < -0.39 is 5.82 Å². The predicted octanol–water partition coefficient (Wildman–Crippen LogP) is 1.99. The van der Waals surface area contributed by atoms with Gasteiger partial charge in [0.25, 0.3) is 0 Å². The SMILES string of the molecule is COc1c(F)cccc1Nc1c2[nH]c3c1C(=O)NC[C@H]3[I-]C/C(C)=C(\C)CCNc1cnccc1-2. The van der Waals surface area contributed by atoms with Crippen LogP contribution in [0.5, 0.6) is 5.75 Å². The van der Waals surface area contributed by atoms with Crippen molar-refractivity contribution in [2.24, 2.45) is 0 Å². The topological polar surface area (TPSA) is 91.1 Å². The molecule has 4 heterocycles. The summed E-state index contributed by atoms with van der Waals surface area (Å²) in [5.74, 6) is -0.505. The zero-order chi connectivity index (χ0) is 24.5. The van der Waals surface area contributed by atoms with E-state index in [0.717, 1.165) is 40.0 Å². The van der Waals surface area contributed by atoms with Gasteiger partial charge < -0.3 is 0 Å². The fourth-order valence-electron chi connectivity index (χ4n) is 4.45. The molecule has 2 aromatic heterocycles. The van der Waals surface area contributed by atoms with Gasteiger partial charge in [0.2, 0.25) is 0 Å². The first kappa shape index (κ1) is 23.7. The van der Waals surface area contributed by atoms with Gasteiger partial charge >= 0.3 is 215 Å². The summed E-state index contributed by atoms with van der Waals surface area (Å²) in [7, 11) is 1.44. The minimum atomic E-state index is -0.470. The molecule has 1 aromatic carbocycles. The van der Waals surface area contributed by atoms with E-state index in [4.69, 9.17) is 4.74 Å². The number of aromatic amines is 1. The average molecular weight is 588 g/mol. The Kier molecular flexibility index (Phi) is 6.68. The van der Waals surface area contributed by atoms with Gasteiger partial charge in [0.05, 0.1) is 0 Å². The van der Waals surface area contributed by atoms with Crippen molar-refractivity contribution in [2.75, 3.05) is 35.3 Å². The second-order valence-corrected chi connectivity index (χ2v) is 11.9. The van der Waals surface area contributed by atoms with Crippen LogP contribution in [0.2, 0.25) is 0 Å². The van der Waals surface area contributed by atoms with Gasteiger partial charge in [-0.3, -0.25) is 0 Å². The number of nitrogens with one attached hydrogen (secondary N) is 4. The summed E-state index contributed by atoms with van der Waals surface area (Å²) in [5, 5.41) is 9.97. The van der Waals surface area contributed by atoms with Gasteiger partial charge in [-0.2, -0.15) is 0 Å². The molecule has 0 saturated carbocycles. The molecule has 1 atom stereocenters. The molecule has 3 aromatic rings. The van der Waals surface area contributed by atoms with E-state index >= 15 is 0 Å². The molecule has 7 nitrogen and oxygen atoms in total. The fourth-order valence-corrected chi connectivity index (χ4v) is 7.73. The maximum atomic E-state index is 14.5. The summed E-state index contributed by atoms with van der Waals surface area (Å²) in [6.07, 6.45) is 4.50. The number of hydrogen-bond acceptors (Lipinski definition) is 5. The molecular formula is C26H28FIN5O2-. The van der Waals surface area contributed by atoms with Gasteiger partial charge in [0, 0.05) is 0 Å². The van der Waals surface area contributed by atoms with Gasteiger partial charge in [-0.25, -0.2) is 0 Å². The number of fused-ring (bicyclic) bond motifs is 3. The van der Waals surface area contributed by atoms with Crippen LogP contribution in [0.1, 0.15) is 40.2 Å². The van der Waals surface area contributed by atoms with Gasteiger partial charge in [-0.1, -0.05) is 0 Å². The van der Waals surface area contributed by atoms with Crippen molar-refractivity contribution < 1.29 is 35.1 Å². The molecule has 0 aliphatic carbocycles. The van der Waals surface area contributed by atoms with Crippen molar-refractivity contribution in [2.45, 2.75) is 24.2 Å². The first-order valence-corrected chi connectivity index (χ1v) is 14.3. The number of amides is 1. The third-order valence-electron chi connectivity index (χ3n) is 6.54. The number of ether oxygens (including phenoxy) is 1. The molecule has 0 spiro atoms. The van der Waals surface area contributed by atoms with E-state index in [0.29, 0.717) is 23.5 Å². The van der Waals surface area contributed by atoms with Crippen LogP contribution in [0.3, 0.4) is 0 Å². The van der Waals surface area contributed by atoms with Crippen molar-refractivity contribution in [3.8, 4) is 17.0 Å². The van der Waals surface area contributed by atoms with Crippen LogP contribution in [0.25, 0.3) is 11.3 Å². The number of rotatable bonds is 3. The summed E-state index contributed by atoms with van der Waals surface area (Å²) in [6.45, 7) is 5.83. The van der Waals surface area contributed by atoms with Gasteiger partial charge in [-0.15, -0.1) is 0 Å². The average Bonchev–Trinajstić information content (AvgIpc) is 3.23. The molecule has 184 valence electrons. The number of carbonyl (C=O) groups is 1. The van der Waals surface area contributed by atoms with E-state index in [1.165, 1.54) is 24.3 Å². The number of anilines is 3. The summed E-state index contributed by atoms with van der Waals surface area (Å²) in [6, 6.07) is 6.66. The van der Waals surface area contributed by atoms with Crippen LogP contribution in [-0.2, 0) is 0 Å². The molecule has 2 aliphatic heterocycles. The zero-order valence-corrected chi connectivity index (χ0v) is 22.0. The quantitative estimate of drug-likeness (QED) is 0.214. The number of alkyl halides is 2. The van der Waals surface area contributed by atoms with E-state index in [9.17, 15) is 9.18 Å². The number of aromatic nitrogens is 2. The molecule has 35 heavy (non-hydrogen) atoms. The normalized spacial score (nSPS) is 20.1. The number of hydrogen-bond donors (Lipinski definition) is 4. The van der Waals surface area contributed by atoms with E-state index in [1.54, 1.807) is 24.5 Å². The minimum absolute atomic E-state index is 0.104. The van der Waals surface area contributed by atoms with Crippen molar-refractivity contribution in [3.05, 3.63) is 64.9 Å². The number of benzene rings is 1. The van der Waals surface area contributed by atoms with Crippen molar-refractivity contribution in [1.82, 2.24) is 15.3 Å². The third kappa shape index (κ3) is 4.49. The Morgan fingerprint density at radius 1 is 1.20 bits per heavy atom. The number of allylic oxidation sites excluding steroid dienone is 1. The van der Waals surface area contributed by atoms with Crippen LogP contribution in [-0.4, -0.2) is 40.5 Å². The summed E-state index contributed by atoms with van der Waals surface area (Å²) in [4.78, 5) is 21.2. The van der Waals surface area contributed by atoms with Crippen LogP contribution in [0.4, 0.5) is 21.5 Å². The maximum absolute atomic E-state index is 14.5.